The Morgan fingerprint density at radius 2 is 1.93 bits per heavy atom. The van der Waals surface area contributed by atoms with Crippen LogP contribution < -0.4 is 5.32 Å². The van der Waals surface area contributed by atoms with Crippen molar-refractivity contribution in [3.8, 4) is 0 Å². The number of alkyl halides is 3. The van der Waals surface area contributed by atoms with Gasteiger partial charge < -0.3 is 10.4 Å². The summed E-state index contributed by atoms with van der Waals surface area (Å²) in [6, 6.07) is 8.77. The van der Waals surface area contributed by atoms with Crippen LogP contribution >= 0.6 is 0 Å². The smallest absolute Gasteiger partial charge is 0.390 e. The first-order valence-electron chi connectivity index (χ1n) is 8.34. The van der Waals surface area contributed by atoms with E-state index in [1.54, 1.807) is 13.0 Å². The third-order valence-corrected chi connectivity index (χ3v) is 4.37. The summed E-state index contributed by atoms with van der Waals surface area (Å²) in [5.41, 5.74) is 0.184. The van der Waals surface area contributed by atoms with E-state index >= 15 is 0 Å². The molecule has 8 heteroatoms. The number of carbonyl (C=O) groups is 1. The van der Waals surface area contributed by atoms with Gasteiger partial charge in [0.2, 0.25) is 0 Å². The topological polar surface area (TPSA) is 62.2 Å². The maximum Gasteiger partial charge on any atom is 0.416 e. The summed E-state index contributed by atoms with van der Waals surface area (Å²) < 4.78 is 52.0. The van der Waals surface area contributed by atoms with Gasteiger partial charge in [-0.2, -0.15) is 13.2 Å². The SMILES string of the molecule is Cc1c(C(=O)NCc2cccc(F)c2)c(CO)nc2cc(C(F)(F)F)ccc12. The largest absolute Gasteiger partial charge is 0.416 e. The van der Waals surface area contributed by atoms with Gasteiger partial charge in [0.05, 0.1) is 28.9 Å². The van der Waals surface area contributed by atoms with Gasteiger partial charge in [0.1, 0.15) is 5.82 Å². The Labute approximate surface area is 157 Å². The zero-order valence-electron chi connectivity index (χ0n) is 14.8. The molecule has 0 saturated heterocycles. The molecule has 0 aliphatic carbocycles. The number of halogens is 4. The fourth-order valence-corrected chi connectivity index (χ4v) is 3.00. The Bertz CT molecular complexity index is 1050. The number of nitrogens with zero attached hydrogens (tertiary/aromatic N) is 1. The van der Waals surface area contributed by atoms with Gasteiger partial charge in [-0.05, 0) is 42.3 Å². The lowest BCUT2D eigenvalue weighted by molar-refractivity contribution is -0.137. The minimum absolute atomic E-state index is 0.0268. The van der Waals surface area contributed by atoms with Gasteiger partial charge in [-0.1, -0.05) is 18.2 Å². The molecule has 4 nitrogen and oxygen atoms in total. The van der Waals surface area contributed by atoms with Crippen molar-refractivity contribution >= 4 is 16.8 Å². The van der Waals surface area contributed by atoms with Crippen LogP contribution in [0.1, 0.15) is 32.7 Å². The number of aromatic nitrogens is 1. The lowest BCUT2D eigenvalue weighted by atomic mass is 9.99. The molecular formula is C20H16F4N2O2. The number of carbonyl (C=O) groups excluding carboxylic acids is 1. The van der Waals surface area contributed by atoms with Crippen LogP contribution in [-0.2, 0) is 19.3 Å². The van der Waals surface area contributed by atoms with Crippen LogP contribution in [0.3, 0.4) is 0 Å². The van der Waals surface area contributed by atoms with E-state index in [-0.39, 0.29) is 23.3 Å². The van der Waals surface area contributed by atoms with Gasteiger partial charge in [-0.15, -0.1) is 0 Å². The molecule has 2 N–H and O–H groups in total. The predicted molar refractivity (Wildman–Crippen MR) is 95.0 cm³/mol. The van der Waals surface area contributed by atoms with Crippen molar-refractivity contribution in [3.63, 3.8) is 0 Å². The summed E-state index contributed by atoms with van der Waals surface area (Å²) >= 11 is 0. The van der Waals surface area contributed by atoms with E-state index in [0.29, 0.717) is 16.5 Å². The third kappa shape index (κ3) is 3.96. The number of amides is 1. The molecule has 1 heterocycles. The standard InChI is InChI=1S/C20H16F4N2O2/c1-11-15-6-5-13(20(22,23)24)8-16(15)26-17(10-27)18(11)19(28)25-9-12-3-2-4-14(21)7-12/h2-8,27H,9-10H2,1H3,(H,25,28). The highest BCUT2D eigenvalue weighted by atomic mass is 19.4. The number of aliphatic hydroxyl groups is 1. The fourth-order valence-electron chi connectivity index (χ4n) is 3.00. The van der Waals surface area contributed by atoms with E-state index in [4.69, 9.17) is 0 Å². The van der Waals surface area contributed by atoms with Crippen molar-refractivity contribution in [2.45, 2.75) is 26.3 Å². The molecule has 0 aliphatic rings. The Kier molecular flexibility index (Phi) is 5.33. The van der Waals surface area contributed by atoms with Gasteiger partial charge in [0.15, 0.2) is 0 Å². The molecule has 1 amide bonds. The highest BCUT2D eigenvalue weighted by Crippen LogP contribution is 2.32. The van der Waals surface area contributed by atoms with Gasteiger partial charge in [-0.25, -0.2) is 9.37 Å². The Morgan fingerprint density at radius 3 is 2.57 bits per heavy atom. The monoisotopic (exact) mass is 392 g/mol. The molecule has 0 aliphatic heterocycles. The Balaban J connectivity index is 1.97. The highest BCUT2D eigenvalue weighted by molar-refractivity contribution is 6.01. The van der Waals surface area contributed by atoms with Crippen LogP contribution in [0.5, 0.6) is 0 Å². The van der Waals surface area contributed by atoms with E-state index < -0.39 is 30.1 Å². The van der Waals surface area contributed by atoms with Crippen molar-refractivity contribution < 1.29 is 27.5 Å². The Morgan fingerprint density at radius 1 is 1.18 bits per heavy atom. The fraction of sp³-hybridized carbons (Fsp3) is 0.200. The maximum atomic E-state index is 13.3. The number of fused-ring (bicyclic) bond motifs is 1. The predicted octanol–water partition coefficient (Wildman–Crippen LogP) is 4.12. The second kappa shape index (κ2) is 7.55. The summed E-state index contributed by atoms with van der Waals surface area (Å²) in [7, 11) is 0. The van der Waals surface area contributed by atoms with E-state index in [0.717, 1.165) is 12.1 Å². The van der Waals surface area contributed by atoms with Gasteiger partial charge in [0, 0.05) is 11.9 Å². The lowest BCUT2D eigenvalue weighted by Gasteiger charge is -2.15. The molecule has 146 valence electrons. The van der Waals surface area contributed by atoms with E-state index in [9.17, 15) is 27.5 Å². The van der Waals surface area contributed by atoms with Crippen molar-refractivity contribution in [2.75, 3.05) is 0 Å². The lowest BCUT2D eigenvalue weighted by Crippen LogP contribution is -2.25. The summed E-state index contributed by atoms with van der Waals surface area (Å²) in [5.74, 6) is -0.994. The first-order valence-corrected chi connectivity index (χ1v) is 8.34. The second-order valence-electron chi connectivity index (χ2n) is 6.26. The third-order valence-electron chi connectivity index (χ3n) is 4.37. The molecule has 0 saturated carbocycles. The summed E-state index contributed by atoms with van der Waals surface area (Å²) in [6.45, 7) is 1.01. The molecular weight excluding hydrogens is 376 g/mol. The molecule has 3 rings (SSSR count). The summed E-state index contributed by atoms with van der Waals surface area (Å²) in [6.07, 6.45) is -4.52. The first-order chi connectivity index (χ1) is 13.2. The van der Waals surface area contributed by atoms with Crippen molar-refractivity contribution in [3.05, 3.63) is 76.2 Å². The number of hydrogen-bond acceptors (Lipinski definition) is 3. The quantitative estimate of drug-likeness (QED) is 0.657. The van der Waals surface area contributed by atoms with Crippen molar-refractivity contribution in [1.82, 2.24) is 10.3 Å². The zero-order chi connectivity index (χ0) is 20.5. The number of benzene rings is 2. The number of aliphatic hydroxyl groups excluding tert-OH is 1. The minimum atomic E-state index is -4.52. The molecule has 0 fully saturated rings. The molecule has 1 aromatic heterocycles. The van der Waals surface area contributed by atoms with E-state index in [2.05, 4.69) is 10.3 Å². The molecule has 0 atom stereocenters. The summed E-state index contributed by atoms with van der Waals surface area (Å²) in [4.78, 5) is 16.7. The number of pyridine rings is 1. The highest BCUT2D eigenvalue weighted by Gasteiger charge is 2.31. The van der Waals surface area contributed by atoms with Crippen LogP contribution in [0.25, 0.3) is 10.9 Å². The number of aryl methyl sites for hydroxylation is 1. The zero-order valence-corrected chi connectivity index (χ0v) is 14.8. The minimum Gasteiger partial charge on any atom is -0.390 e. The van der Waals surface area contributed by atoms with E-state index in [1.807, 2.05) is 0 Å². The van der Waals surface area contributed by atoms with Gasteiger partial charge in [0.25, 0.3) is 5.91 Å². The van der Waals surface area contributed by atoms with E-state index in [1.165, 1.54) is 24.3 Å². The number of rotatable bonds is 4. The molecule has 0 unspecified atom stereocenters. The van der Waals surface area contributed by atoms with Crippen LogP contribution in [0.4, 0.5) is 17.6 Å². The molecule has 0 spiro atoms. The van der Waals surface area contributed by atoms with Crippen LogP contribution in [0.2, 0.25) is 0 Å². The summed E-state index contributed by atoms with van der Waals surface area (Å²) in [5, 5.41) is 12.6. The van der Waals surface area contributed by atoms with Gasteiger partial charge in [-0.3, -0.25) is 4.79 Å². The molecule has 2 aromatic carbocycles. The Hall–Kier alpha value is -3.00. The number of hydrogen-bond donors (Lipinski definition) is 2. The number of nitrogens with one attached hydrogen (secondary N) is 1. The van der Waals surface area contributed by atoms with Crippen molar-refractivity contribution in [1.29, 1.82) is 0 Å². The van der Waals surface area contributed by atoms with Crippen molar-refractivity contribution in [2.24, 2.45) is 0 Å². The normalized spacial score (nSPS) is 11.6. The van der Waals surface area contributed by atoms with Crippen LogP contribution in [0, 0.1) is 12.7 Å². The molecule has 0 bridgehead atoms. The first kappa shape index (κ1) is 19.8. The van der Waals surface area contributed by atoms with Crippen LogP contribution in [-0.4, -0.2) is 16.0 Å². The second-order valence-corrected chi connectivity index (χ2v) is 6.26. The van der Waals surface area contributed by atoms with Gasteiger partial charge >= 0.3 is 6.18 Å². The van der Waals surface area contributed by atoms with Crippen LogP contribution in [0.15, 0.2) is 42.5 Å². The average molecular weight is 392 g/mol. The molecule has 3 aromatic rings. The molecule has 28 heavy (non-hydrogen) atoms. The maximum absolute atomic E-state index is 13.3. The average Bonchev–Trinajstić information content (AvgIpc) is 2.64. The molecule has 0 radical (unpaired) electrons.